The molecule has 2 aliphatic rings. The Morgan fingerprint density at radius 1 is 1.35 bits per heavy atom. The van der Waals surface area contributed by atoms with Crippen LogP contribution in [0.5, 0.6) is 0 Å². The Bertz CT molecular complexity index is 532. The Hall–Kier alpha value is -1.36. The first-order valence-corrected chi connectivity index (χ1v) is 7.84. The smallest absolute Gasteiger partial charge is 0.319 e. The van der Waals surface area contributed by atoms with Crippen molar-refractivity contribution >= 4 is 27.6 Å². The summed E-state index contributed by atoms with van der Waals surface area (Å²) < 4.78 is 0.851. The van der Waals surface area contributed by atoms with Crippen LogP contribution in [0.25, 0.3) is 0 Å². The monoisotopic (exact) mass is 335 g/mol. The molecule has 20 heavy (non-hydrogen) atoms. The molecule has 0 aliphatic heterocycles. The van der Waals surface area contributed by atoms with E-state index in [-0.39, 0.29) is 6.03 Å². The highest BCUT2D eigenvalue weighted by molar-refractivity contribution is 9.10. The molecule has 2 bridgehead atoms. The van der Waals surface area contributed by atoms with E-state index in [4.69, 9.17) is 0 Å². The van der Waals surface area contributed by atoms with E-state index in [0.29, 0.717) is 5.69 Å². The van der Waals surface area contributed by atoms with Gasteiger partial charge in [-0.15, -0.1) is 0 Å². The number of allylic oxidation sites excluding steroid dienone is 2. The lowest BCUT2D eigenvalue weighted by atomic mass is 9.91. The number of hydrogen-bond acceptors (Lipinski definition) is 2. The van der Waals surface area contributed by atoms with Crippen molar-refractivity contribution in [3.8, 4) is 0 Å². The molecule has 0 saturated heterocycles. The number of nitrogens with one attached hydrogen (secondary N) is 2. The van der Waals surface area contributed by atoms with Gasteiger partial charge in [-0.3, -0.25) is 4.98 Å². The van der Waals surface area contributed by atoms with Crippen LogP contribution < -0.4 is 10.6 Å². The average molecular weight is 336 g/mol. The second kappa shape index (κ2) is 5.95. The number of halogens is 1. The third-order valence-corrected chi connectivity index (χ3v) is 4.61. The number of rotatable bonds is 4. The van der Waals surface area contributed by atoms with Gasteiger partial charge >= 0.3 is 6.03 Å². The first kappa shape index (κ1) is 13.6. The second-order valence-corrected chi connectivity index (χ2v) is 6.52. The predicted molar refractivity (Wildman–Crippen MR) is 82.4 cm³/mol. The lowest BCUT2D eigenvalue weighted by Crippen LogP contribution is -2.31. The molecule has 2 amide bonds. The van der Waals surface area contributed by atoms with Gasteiger partial charge in [-0.25, -0.2) is 4.79 Å². The first-order chi connectivity index (χ1) is 9.70. The zero-order valence-corrected chi connectivity index (χ0v) is 12.8. The summed E-state index contributed by atoms with van der Waals surface area (Å²) in [7, 11) is 0. The van der Waals surface area contributed by atoms with Gasteiger partial charge in [0.25, 0.3) is 0 Å². The summed E-state index contributed by atoms with van der Waals surface area (Å²) in [5.74, 6) is 2.29. The van der Waals surface area contributed by atoms with Gasteiger partial charge in [0.2, 0.25) is 0 Å². The van der Waals surface area contributed by atoms with Gasteiger partial charge in [-0.05, 0) is 59.0 Å². The van der Waals surface area contributed by atoms with E-state index < -0.39 is 0 Å². The molecule has 3 atom stereocenters. The predicted octanol–water partition coefficient (Wildman–Crippen LogP) is 3.57. The minimum Gasteiger partial charge on any atom is -0.338 e. The third-order valence-electron chi connectivity index (χ3n) is 4.18. The minimum absolute atomic E-state index is 0.163. The van der Waals surface area contributed by atoms with Crippen LogP contribution in [0.4, 0.5) is 10.5 Å². The van der Waals surface area contributed by atoms with E-state index in [2.05, 4.69) is 43.7 Å². The number of carbonyl (C=O) groups is 1. The van der Waals surface area contributed by atoms with Crippen molar-refractivity contribution in [2.75, 3.05) is 11.9 Å². The molecule has 2 N–H and O–H groups in total. The van der Waals surface area contributed by atoms with Crippen molar-refractivity contribution in [2.24, 2.45) is 17.8 Å². The maximum absolute atomic E-state index is 11.8. The quantitative estimate of drug-likeness (QED) is 0.826. The Morgan fingerprint density at radius 2 is 2.25 bits per heavy atom. The molecule has 106 valence electrons. The molecule has 1 saturated carbocycles. The fourth-order valence-electron chi connectivity index (χ4n) is 3.25. The van der Waals surface area contributed by atoms with E-state index in [0.717, 1.165) is 35.2 Å². The molecule has 4 nitrogen and oxygen atoms in total. The standard InChI is InChI=1S/C15H18BrN3O/c16-13-7-14(9-17-8-13)19-15(20)18-4-3-12-6-10-1-2-11(12)5-10/h1-2,7-12H,3-6H2,(H2,18,19,20)/t10-,11+,12-/m1/s1. The first-order valence-electron chi connectivity index (χ1n) is 7.04. The Labute approximate surface area is 127 Å². The summed E-state index contributed by atoms with van der Waals surface area (Å²) in [5.41, 5.74) is 0.694. The topological polar surface area (TPSA) is 54.0 Å². The van der Waals surface area contributed by atoms with Gasteiger partial charge < -0.3 is 10.6 Å². The highest BCUT2D eigenvalue weighted by atomic mass is 79.9. The highest BCUT2D eigenvalue weighted by Crippen LogP contribution is 2.44. The molecule has 0 spiro atoms. The molecule has 1 fully saturated rings. The molecular weight excluding hydrogens is 318 g/mol. The molecule has 5 heteroatoms. The Morgan fingerprint density at radius 3 is 2.95 bits per heavy atom. The fraction of sp³-hybridized carbons (Fsp3) is 0.467. The van der Waals surface area contributed by atoms with Gasteiger partial charge in [-0.2, -0.15) is 0 Å². The maximum Gasteiger partial charge on any atom is 0.319 e. The number of hydrogen-bond donors (Lipinski definition) is 2. The molecule has 1 heterocycles. The van der Waals surface area contributed by atoms with E-state index in [1.807, 2.05) is 6.07 Å². The van der Waals surface area contributed by atoms with Crippen molar-refractivity contribution < 1.29 is 4.79 Å². The average Bonchev–Trinajstić information content (AvgIpc) is 3.01. The van der Waals surface area contributed by atoms with Crippen LogP contribution in [0.2, 0.25) is 0 Å². The normalized spacial score (nSPS) is 26.8. The Kier molecular flexibility index (Phi) is 4.05. The van der Waals surface area contributed by atoms with Crippen molar-refractivity contribution in [1.82, 2.24) is 10.3 Å². The van der Waals surface area contributed by atoms with E-state index in [9.17, 15) is 4.79 Å². The summed E-state index contributed by atoms with van der Waals surface area (Å²) in [4.78, 5) is 15.8. The minimum atomic E-state index is -0.163. The van der Waals surface area contributed by atoms with Crippen LogP contribution in [-0.4, -0.2) is 17.6 Å². The molecule has 1 aromatic heterocycles. The zero-order valence-electron chi connectivity index (χ0n) is 11.2. The summed E-state index contributed by atoms with van der Waals surface area (Å²) in [6.45, 7) is 0.731. The number of carbonyl (C=O) groups excluding carboxylic acids is 1. The summed E-state index contributed by atoms with van der Waals surface area (Å²) >= 11 is 3.33. The number of nitrogens with zero attached hydrogens (tertiary/aromatic N) is 1. The molecule has 1 aromatic rings. The van der Waals surface area contributed by atoms with Crippen LogP contribution in [0.3, 0.4) is 0 Å². The lowest BCUT2D eigenvalue weighted by Gasteiger charge is -2.18. The second-order valence-electron chi connectivity index (χ2n) is 5.60. The largest absolute Gasteiger partial charge is 0.338 e. The number of aromatic nitrogens is 1. The SMILES string of the molecule is O=C(NCC[C@@H]1C[C@@H]2C=C[C@H]1C2)Nc1cncc(Br)c1. The van der Waals surface area contributed by atoms with Gasteiger partial charge in [0.1, 0.15) is 0 Å². The molecule has 0 radical (unpaired) electrons. The van der Waals surface area contributed by atoms with Gasteiger partial charge in [-0.1, -0.05) is 12.2 Å². The third kappa shape index (κ3) is 3.20. The Balaban J connectivity index is 1.40. The number of anilines is 1. The number of fused-ring (bicyclic) bond motifs is 2. The fourth-order valence-corrected chi connectivity index (χ4v) is 3.62. The molecule has 3 rings (SSSR count). The number of amides is 2. The molecule has 2 aliphatic carbocycles. The van der Waals surface area contributed by atoms with E-state index >= 15 is 0 Å². The van der Waals surface area contributed by atoms with Crippen molar-refractivity contribution in [1.29, 1.82) is 0 Å². The zero-order chi connectivity index (χ0) is 13.9. The molecule has 0 unspecified atom stereocenters. The van der Waals surface area contributed by atoms with Gasteiger partial charge in [0, 0.05) is 17.2 Å². The summed E-state index contributed by atoms with van der Waals surface area (Å²) in [5, 5.41) is 5.71. The van der Waals surface area contributed by atoms with Crippen LogP contribution in [0.1, 0.15) is 19.3 Å². The van der Waals surface area contributed by atoms with Crippen LogP contribution in [0, 0.1) is 17.8 Å². The van der Waals surface area contributed by atoms with Crippen molar-refractivity contribution in [3.05, 3.63) is 35.1 Å². The number of urea groups is 1. The summed E-state index contributed by atoms with van der Waals surface area (Å²) in [6, 6.07) is 1.66. The van der Waals surface area contributed by atoms with Gasteiger partial charge in [0.05, 0.1) is 11.9 Å². The lowest BCUT2D eigenvalue weighted by molar-refractivity contribution is 0.250. The van der Waals surface area contributed by atoms with Crippen LogP contribution >= 0.6 is 15.9 Å². The van der Waals surface area contributed by atoms with E-state index in [1.165, 1.54) is 12.8 Å². The summed E-state index contributed by atoms with van der Waals surface area (Å²) in [6.07, 6.45) is 11.7. The molecular formula is C15H18BrN3O. The number of pyridine rings is 1. The van der Waals surface area contributed by atoms with Crippen molar-refractivity contribution in [2.45, 2.75) is 19.3 Å². The highest BCUT2D eigenvalue weighted by Gasteiger charge is 2.34. The van der Waals surface area contributed by atoms with Gasteiger partial charge in [0.15, 0.2) is 0 Å². The van der Waals surface area contributed by atoms with E-state index in [1.54, 1.807) is 12.4 Å². The molecule has 0 aromatic carbocycles. The van der Waals surface area contributed by atoms with Crippen LogP contribution in [0.15, 0.2) is 35.1 Å². The van der Waals surface area contributed by atoms with Crippen molar-refractivity contribution in [3.63, 3.8) is 0 Å². The maximum atomic E-state index is 11.8. The van der Waals surface area contributed by atoms with Crippen LogP contribution in [-0.2, 0) is 0 Å².